The van der Waals surface area contributed by atoms with Crippen molar-refractivity contribution in [2.45, 2.75) is 58.4 Å². The van der Waals surface area contributed by atoms with Crippen LogP contribution in [0.25, 0.3) is 5.69 Å². The lowest BCUT2D eigenvalue weighted by atomic mass is 10.1. The highest BCUT2D eigenvalue weighted by molar-refractivity contribution is 5.34. The van der Waals surface area contributed by atoms with Crippen LogP contribution in [0, 0.1) is 0 Å². The number of benzene rings is 1. The Hall–Kier alpha value is -1.68. The van der Waals surface area contributed by atoms with Crippen LogP contribution in [0.2, 0.25) is 0 Å². The molecule has 4 heteroatoms. The lowest BCUT2D eigenvalue weighted by Crippen LogP contribution is -2.09. The van der Waals surface area contributed by atoms with Gasteiger partial charge in [0.15, 0.2) is 5.82 Å². The van der Waals surface area contributed by atoms with E-state index in [4.69, 9.17) is 5.73 Å². The molecule has 0 bridgehead atoms. The first kappa shape index (κ1) is 15.7. The predicted molar refractivity (Wildman–Crippen MR) is 86.3 cm³/mol. The summed E-state index contributed by atoms with van der Waals surface area (Å²) in [7, 11) is 0. The van der Waals surface area contributed by atoms with Crippen LogP contribution in [0.5, 0.6) is 0 Å². The molecule has 2 rings (SSSR count). The molecule has 0 fully saturated rings. The third-order valence-corrected chi connectivity index (χ3v) is 3.75. The Morgan fingerprint density at radius 1 is 0.905 bits per heavy atom. The molecule has 0 saturated heterocycles. The summed E-state index contributed by atoms with van der Waals surface area (Å²) in [5.41, 5.74) is 6.89. The van der Waals surface area contributed by atoms with Crippen LogP contribution in [0.1, 0.15) is 57.1 Å². The Kier molecular flexibility index (Phi) is 6.41. The fourth-order valence-electron chi connectivity index (χ4n) is 2.59. The SMILES string of the molecule is CCCCCCCCc1nnc(CN)n1-c1ccccc1. The maximum atomic E-state index is 5.79. The van der Waals surface area contributed by atoms with Crippen molar-refractivity contribution < 1.29 is 0 Å². The molecule has 1 aromatic heterocycles. The molecule has 0 aliphatic heterocycles. The van der Waals surface area contributed by atoms with Gasteiger partial charge in [0.1, 0.15) is 5.82 Å². The number of nitrogens with zero attached hydrogens (tertiary/aromatic N) is 3. The first-order valence-corrected chi connectivity index (χ1v) is 8.05. The second-order valence-corrected chi connectivity index (χ2v) is 5.43. The van der Waals surface area contributed by atoms with Crippen molar-refractivity contribution in [1.29, 1.82) is 0 Å². The van der Waals surface area contributed by atoms with E-state index >= 15 is 0 Å². The minimum atomic E-state index is 0.415. The second-order valence-electron chi connectivity index (χ2n) is 5.43. The molecule has 0 atom stereocenters. The molecule has 0 aliphatic rings. The summed E-state index contributed by atoms with van der Waals surface area (Å²) in [6.45, 7) is 2.66. The van der Waals surface area contributed by atoms with E-state index in [-0.39, 0.29) is 0 Å². The highest BCUT2D eigenvalue weighted by atomic mass is 15.3. The Morgan fingerprint density at radius 3 is 2.29 bits per heavy atom. The van der Waals surface area contributed by atoms with Gasteiger partial charge in [-0.3, -0.25) is 4.57 Å². The van der Waals surface area contributed by atoms with Gasteiger partial charge < -0.3 is 5.73 Å². The zero-order valence-electron chi connectivity index (χ0n) is 13.0. The number of para-hydroxylation sites is 1. The van der Waals surface area contributed by atoms with Crippen LogP contribution in [-0.2, 0) is 13.0 Å². The van der Waals surface area contributed by atoms with Gasteiger partial charge in [-0.25, -0.2) is 0 Å². The summed E-state index contributed by atoms with van der Waals surface area (Å²) >= 11 is 0. The third-order valence-electron chi connectivity index (χ3n) is 3.75. The van der Waals surface area contributed by atoms with Crippen molar-refractivity contribution in [3.8, 4) is 5.69 Å². The smallest absolute Gasteiger partial charge is 0.151 e. The van der Waals surface area contributed by atoms with Gasteiger partial charge in [-0.05, 0) is 18.6 Å². The van der Waals surface area contributed by atoms with Gasteiger partial charge in [0, 0.05) is 12.1 Å². The quantitative estimate of drug-likeness (QED) is 0.716. The zero-order valence-corrected chi connectivity index (χ0v) is 13.0. The average Bonchev–Trinajstić information content (AvgIpc) is 2.94. The molecule has 0 saturated carbocycles. The molecular formula is C17H26N4. The van der Waals surface area contributed by atoms with Gasteiger partial charge in [0.2, 0.25) is 0 Å². The van der Waals surface area contributed by atoms with Crippen molar-refractivity contribution >= 4 is 0 Å². The molecule has 4 nitrogen and oxygen atoms in total. The summed E-state index contributed by atoms with van der Waals surface area (Å²) < 4.78 is 2.10. The molecule has 1 aromatic carbocycles. The topological polar surface area (TPSA) is 56.7 Å². The van der Waals surface area contributed by atoms with Crippen molar-refractivity contribution in [3.63, 3.8) is 0 Å². The van der Waals surface area contributed by atoms with E-state index in [0.717, 1.165) is 23.8 Å². The fourth-order valence-corrected chi connectivity index (χ4v) is 2.59. The van der Waals surface area contributed by atoms with E-state index in [2.05, 4.69) is 33.8 Å². The first-order chi connectivity index (χ1) is 10.4. The second kappa shape index (κ2) is 8.57. The van der Waals surface area contributed by atoms with Crippen LogP contribution in [0.3, 0.4) is 0 Å². The highest BCUT2D eigenvalue weighted by Gasteiger charge is 2.11. The van der Waals surface area contributed by atoms with E-state index in [1.807, 2.05) is 18.2 Å². The molecule has 0 spiro atoms. The highest BCUT2D eigenvalue weighted by Crippen LogP contribution is 2.15. The number of nitrogens with two attached hydrogens (primary N) is 1. The lowest BCUT2D eigenvalue weighted by Gasteiger charge is -2.09. The van der Waals surface area contributed by atoms with Gasteiger partial charge in [-0.1, -0.05) is 57.2 Å². The molecule has 1 heterocycles. The summed E-state index contributed by atoms with van der Waals surface area (Å²) in [6.07, 6.45) is 8.69. The molecular weight excluding hydrogens is 260 g/mol. The zero-order chi connectivity index (χ0) is 14.9. The molecule has 114 valence electrons. The molecule has 0 radical (unpaired) electrons. The Balaban J connectivity index is 1.99. The van der Waals surface area contributed by atoms with Crippen molar-refractivity contribution in [1.82, 2.24) is 14.8 Å². The van der Waals surface area contributed by atoms with Crippen LogP contribution >= 0.6 is 0 Å². The minimum Gasteiger partial charge on any atom is -0.324 e. The number of aromatic nitrogens is 3. The van der Waals surface area contributed by atoms with Gasteiger partial charge in [-0.2, -0.15) is 0 Å². The van der Waals surface area contributed by atoms with E-state index < -0.39 is 0 Å². The summed E-state index contributed by atoms with van der Waals surface area (Å²) in [5.74, 6) is 1.86. The molecule has 0 unspecified atom stereocenters. The number of unbranched alkanes of at least 4 members (excludes halogenated alkanes) is 5. The maximum absolute atomic E-state index is 5.79. The van der Waals surface area contributed by atoms with E-state index in [9.17, 15) is 0 Å². The van der Waals surface area contributed by atoms with Crippen LogP contribution in [0.15, 0.2) is 30.3 Å². The Morgan fingerprint density at radius 2 is 1.57 bits per heavy atom. The van der Waals surface area contributed by atoms with Gasteiger partial charge >= 0.3 is 0 Å². The van der Waals surface area contributed by atoms with Crippen LogP contribution < -0.4 is 5.73 Å². The van der Waals surface area contributed by atoms with Gasteiger partial charge in [0.25, 0.3) is 0 Å². The molecule has 2 N–H and O–H groups in total. The molecule has 21 heavy (non-hydrogen) atoms. The van der Waals surface area contributed by atoms with Crippen molar-refractivity contribution in [2.24, 2.45) is 5.73 Å². The third kappa shape index (κ3) is 4.39. The fraction of sp³-hybridized carbons (Fsp3) is 0.529. The van der Waals surface area contributed by atoms with Crippen LogP contribution in [-0.4, -0.2) is 14.8 Å². The largest absolute Gasteiger partial charge is 0.324 e. The average molecular weight is 286 g/mol. The normalized spacial score (nSPS) is 11.0. The molecule has 0 amide bonds. The van der Waals surface area contributed by atoms with E-state index in [1.54, 1.807) is 0 Å². The first-order valence-electron chi connectivity index (χ1n) is 8.05. The Bertz CT molecular complexity index is 519. The standard InChI is InChI=1S/C17H26N4/c1-2-3-4-5-6-10-13-16-19-20-17(14-18)21(16)15-11-8-7-9-12-15/h7-9,11-12H,2-6,10,13-14,18H2,1H3. The van der Waals surface area contributed by atoms with Gasteiger partial charge in [0.05, 0.1) is 6.54 Å². The van der Waals surface area contributed by atoms with Crippen LogP contribution in [0.4, 0.5) is 0 Å². The summed E-state index contributed by atoms with van der Waals surface area (Å²) in [4.78, 5) is 0. The molecule has 2 aromatic rings. The maximum Gasteiger partial charge on any atom is 0.151 e. The predicted octanol–water partition coefficient (Wildman–Crippen LogP) is 3.63. The Labute approximate surface area is 127 Å². The van der Waals surface area contributed by atoms with E-state index in [1.165, 1.54) is 38.5 Å². The van der Waals surface area contributed by atoms with Crippen molar-refractivity contribution in [2.75, 3.05) is 0 Å². The lowest BCUT2D eigenvalue weighted by molar-refractivity contribution is 0.597. The van der Waals surface area contributed by atoms with Crippen molar-refractivity contribution in [3.05, 3.63) is 42.0 Å². The number of hydrogen-bond acceptors (Lipinski definition) is 3. The summed E-state index contributed by atoms with van der Waals surface area (Å²) in [5, 5.41) is 8.56. The minimum absolute atomic E-state index is 0.415. The number of aryl methyl sites for hydroxylation is 1. The number of hydrogen-bond donors (Lipinski definition) is 1. The van der Waals surface area contributed by atoms with Gasteiger partial charge in [-0.15, -0.1) is 10.2 Å². The summed E-state index contributed by atoms with van der Waals surface area (Å²) in [6, 6.07) is 10.2. The monoisotopic (exact) mass is 286 g/mol. The van der Waals surface area contributed by atoms with E-state index in [0.29, 0.717) is 6.54 Å². The molecule has 0 aliphatic carbocycles. The number of rotatable bonds is 9.